The van der Waals surface area contributed by atoms with Gasteiger partial charge >= 0.3 is 11.9 Å². The van der Waals surface area contributed by atoms with E-state index in [0.29, 0.717) is 0 Å². The summed E-state index contributed by atoms with van der Waals surface area (Å²) in [7, 11) is 0. The predicted octanol–water partition coefficient (Wildman–Crippen LogP) is -0.0689. The van der Waals surface area contributed by atoms with Gasteiger partial charge in [0.05, 0.1) is 6.10 Å². The Balaban J connectivity index is 2.86. The summed E-state index contributed by atoms with van der Waals surface area (Å²) in [5, 5.41) is 9.41. The Morgan fingerprint density at radius 3 is 2.29 bits per heavy atom. The summed E-state index contributed by atoms with van der Waals surface area (Å²) in [6, 6.07) is 0. The van der Waals surface area contributed by atoms with E-state index >= 15 is 0 Å². The van der Waals surface area contributed by atoms with Crippen LogP contribution in [-0.4, -0.2) is 42.3 Å². The van der Waals surface area contributed by atoms with Crippen molar-refractivity contribution >= 4 is 17.8 Å². The average Bonchev–Trinajstić information content (AvgIpc) is 2.62. The van der Waals surface area contributed by atoms with Gasteiger partial charge in [0.25, 0.3) is 0 Å². The second-order valence-electron chi connectivity index (χ2n) is 4.48. The number of ether oxygens (including phenoxy) is 3. The van der Waals surface area contributed by atoms with E-state index in [-0.39, 0.29) is 0 Å². The van der Waals surface area contributed by atoms with E-state index in [1.807, 2.05) is 0 Å². The van der Waals surface area contributed by atoms with E-state index in [1.165, 1.54) is 13.8 Å². The number of hydrogen-bond acceptors (Lipinski definition) is 7. The van der Waals surface area contributed by atoms with Crippen LogP contribution >= 0.6 is 0 Å². The molecule has 0 bridgehead atoms. The largest absolute Gasteiger partial charge is 0.456 e. The van der Waals surface area contributed by atoms with Crippen LogP contribution in [0.4, 0.5) is 4.39 Å². The summed E-state index contributed by atoms with van der Waals surface area (Å²) < 4.78 is 28.7. The standard InChI is InChI=1S/C12H18FN3O5/c1-5-9(20-6(2)17)10(21-7(3)18)12(19-5)16-4-8(13)11(14)15/h4-5,9-10,12,16H,1-3H3,(H3,14,15)/b8-4+/t5?,9?,10?,12-/m1/s1. The van der Waals surface area contributed by atoms with Crippen molar-refractivity contribution in [1.82, 2.24) is 5.32 Å². The molecule has 0 aliphatic carbocycles. The summed E-state index contributed by atoms with van der Waals surface area (Å²) in [6.45, 7) is 4.03. The fourth-order valence-corrected chi connectivity index (χ4v) is 1.87. The quantitative estimate of drug-likeness (QED) is 0.369. The topological polar surface area (TPSA) is 124 Å². The van der Waals surface area contributed by atoms with Gasteiger partial charge in [0.1, 0.15) is 0 Å². The number of carbonyl (C=O) groups excluding carboxylic acids is 2. The second-order valence-corrected chi connectivity index (χ2v) is 4.48. The van der Waals surface area contributed by atoms with E-state index in [0.717, 1.165) is 6.20 Å². The van der Waals surface area contributed by atoms with E-state index in [1.54, 1.807) is 6.92 Å². The van der Waals surface area contributed by atoms with Crippen molar-refractivity contribution in [2.24, 2.45) is 5.73 Å². The number of hydrogen-bond donors (Lipinski definition) is 3. The fourth-order valence-electron chi connectivity index (χ4n) is 1.87. The molecule has 1 heterocycles. The van der Waals surface area contributed by atoms with Crippen LogP contribution in [0.1, 0.15) is 20.8 Å². The van der Waals surface area contributed by atoms with Gasteiger partial charge in [-0.1, -0.05) is 0 Å². The third-order valence-corrected chi connectivity index (χ3v) is 2.68. The molecule has 8 nitrogen and oxygen atoms in total. The zero-order valence-corrected chi connectivity index (χ0v) is 11.9. The van der Waals surface area contributed by atoms with Crippen LogP contribution in [0, 0.1) is 5.41 Å². The van der Waals surface area contributed by atoms with Gasteiger partial charge in [0, 0.05) is 20.0 Å². The van der Waals surface area contributed by atoms with Crippen LogP contribution in [0.25, 0.3) is 0 Å². The Morgan fingerprint density at radius 2 is 1.81 bits per heavy atom. The van der Waals surface area contributed by atoms with Crippen LogP contribution in [0.2, 0.25) is 0 Å². The lowest BCUT2D eigenvalue weighted by Gasteiger charge is -2.22. The van der Waals surface area contributed by atoms with Gasteiger partial charge in [0.2, 0.25) is 0 Å². The molecule has 0 spiro atoms. The Bertz CT molecular complexity index is 468. The van der Waals surface area contributed by atoms with Crippen molar-refractivity contribution in [2.45, 2.75) is 45.3 Å². The summed E-state index contributed by atoms with van der Waals surface area (Å²) in [4.78, 5) is 22.2. The second kappa shape index (κ2) is 7.02. The molecule has 1 rings (SSSR count). The molecular formula is C12H18FN3O5. The lowest BCUT2D eigenvalue weighted by Crippen LogP contribution is -2.43. The summed E-state index contributed by atoms with van der Waals surface area (Å²) in [5.74, 6) is -2.91. The third kappa shape index (κ3) is 4.71. The highest BCUT2D eigenvalue weighted by molar-refractivity contribution is 5.91. The Kier molecular flexibility index (Phi) is 5.65. The molecule has 1 fully saturated rings. The lowest BCUT2D eigenvalue weighted by atomic mass is 10.1. The van der Waals surface area contributed by atoms with Gasteiger partial charge in [0.15, 0.2) is 30.1 Å². The molecule has 0 aromatic heterocycles. The smallest absolute Gasteiger partial charge is 0.303 e. The first-order valence-corrected chi connectivity index (χ1v) is 6.18. The number of rotatable bonds is 5. The maximum absolute atomic E-state index is 13.2. The highest BCUT2D eigenvalue weighted by Gasteiger charge is 2.46. The van der Waals surface area contributed by atoms with E-state index in [2.05, 4.69) is 5.32 Å². The molecule has 4 atom stereocenters. The third-order valence-electron chi connectivity index (χ3n) is 2.68. The van der Waals surface area contributed by atoms with Crippen molar-refractivity contribution in [3.8, 4) is 0 Å². The van der Waals surface area contributed by atoms with Crippen molar-refractivity contribution in [1.29, 1.82) is 5.41 Å². The normalized spacial score (nSPS) is 28.9. The zero-order chi connectivity index (χ0) is 16.2. The maximum atomic E-state index is 13.2. The van der Waals surface area contributed by atoms with Crippen molar-refractivity contribution in [2.75, 3.05) is 0 Å². The summed E-state index contributed by atoms with van der Waals surface area (Å²) in [6.07, 6.45) is -2.44. The Labute approximate surface area is 120 Å². The molecular weight excluding hydrogens is 285 g/mol. The zero-order valence-electron chi connectivity index (χ0n) is 11.9. The molecule has 3 unspecified atom stereocenters. The molecule has 21 heavy (non-hydrogen) atoms. The van der Waals surface area contributed by atoms with Crippen molar-refractivity contribution in [3.05, 3.63) is 12.0 Å². The molecule has 1 aliphatic rings. The van der Waals surface area contributed by atoms with Gasteiger partial charge in [-0.25, -0.2) is 4.39 Å². The SMILES string of the molecule is CC(=O)OC1C(C)O[C@@H](N/C=C(/F)C(=N)N)C1OC(C)=O. The lowest BCUT2D eigenvalue weighted by molar-refractivity contribution is -0.164. The van der Waals surface area contributed by atoms with Crippen molar-refractivity contribution in [3.63, 3.8) is 0 Å². The van der Waals surface area contributed by atoms with Gasteiger partial charge in [-0.05, 0) is 6.92 Å². The molecule has 4 N–H and O–H groups in total. The number of amidine groups is 1. The number of nitrogens with one attached hydrogen (secondary N) is 2. The Morgan fingerprint density at radius 1 is 1.29 bits per heavy atom. The van der Waals surface area contributed by atoms with Crippen LogP contribution in [0.15, 0.2) is 12.0 Å². The number of carbonyl (C=O) groups is 2. The Hall–Kier alpha value is -2.16. The van der Waals surface area contributed by atoms with Gasteiger partial charge in [-0.3, -0.25) is 15.0 Å². The van der Waals surface area contributed by atoms with Crippen LogP contribution in [-0.2, 0) is 23.8 Å². The molecule has 0 aromatic rings. The summed E-state index contributed by atoms with van der Waals surface area (Å²) >= 11 is 0. The monoisotopic (exact) mass is 303 g/mol. The first-order chi connectivity index (χ1) is 9.72. The van der Waals surface area contributed by atoms with E-state index < -0.39 is 48.1 Å². The molecule has 1 aliphatic heterocycles. The molecule has 118 valence electrons. The molecule has 0 amide bonds. The average molecular weight is 303 g/mol. The fraction of sp³-hybridized carbons (Fsp3) is 0.583. The van der Waals surface area contributed by atoms with Crippen LogP contribution < -0.4 is 11.1 Å². The van der Waals surface area contributed by atoms with Gasteiger partial charge in [-0.15, -0.1) is 0 Å². The molecule has 0 aromatic carbocycles. The molecule has 9 heteroatoms. The molecule has 0 saturated carbocycles. The number of nitrogens with two attached hydrogens (primary N) is 1. The highest BCUT2D eigenvalue weighted by atomic mass is 19.1. The number of halogens is 1. The van der Waals surface area contributed by atoms with Gasteiger partial charge in [-0.2, -0.15) is 0 Å². The number of esters is 2. The van der Waals surface area contributed by atoms with Gasteiger partial charge < -0.3 is 25.3 Å². The van der Waals surface area contributed by atoms with E-state index in [4.69, 9.17) is 25.4 Å². The van der Waals surface area contributed by atoms with E-state index in [9.17, 15) is 14.0 Å². The minimum Gasteiger partial charge on any atom is -0.456 e. The highest BCUT2D eigenvalue weighted by Crippen LogP contribution is 2.25. The first kappa shape index (κ1) is 16.9. The van der Waals surface area contributed by atoms with Crippen LogP contribution in [0.5, 0.6) is 0 Å². The van der Waals surface area contributed by atoms with Crippen LogP contribution in [0.3, 0.4) is 0 Å². The molecule has 0 radical (unpaired) electrons. The summed E-state index contributed by atoms with van der Waals surface area (Å²) in [5.41, 5.74) is 4.96. The first-order valence-electron chi connectivity index (χ1n) is 6.18. The minimum atomic E-state index is -0.997. The predicted molar refractivity (Wildman–Crippen MR) is 69.7 cm³/mol. The minimum absolute atomic E-state index is 0.557. The van der Waals surface area contributed by atoms with Crippen molar-refractivity contribution < 1.29 is 28.2 Å². The maximum Gasteiger partial charge on any atom is 0.303 e. The molecule has 1 saturated heterocycles.